The van der Waals surface area contributed by atoms with Gasteiger partial charge in [-0.15, -0.1) is 0 Å². The van der Waals surface area contributed by atoms with Crippen LogP contribution in [0.1, 0.15) is 24.2 Å². The van der Waals surface area contributed by atoms with Gasteiger partial charge in [0.15, 0.2) is 0 Å². The molecule has 2 aromatic rings. The smallest absolute Gasteiger partial charge is 0.132 e. The first-order valence-corrected chi connectivity index (χ1v) is 7.44. The molecule has 1 aliphatic rings. The number of pyridine rings is 1. The normalized spacial score (nSPS) is 16.0. The Balaban J connectivity index is 1.58. The second-order valence-electron chi connectivity index (χ2n) is 5.59. The summed E-state index contributed by atoms with van der Waals surface area (Å²) in [5.41, 5.74) is 2.07. The van der Waals surface area contributed by atoms with E-state index >= 15 is 0 Å². The highest BCUT2D eigenvalue weighted by Crippen LogP contribution is 2.20. The van der Waals surface area contributed by atoms with E-state index in [9.17, 15) is 0 Å². The number of nitrogens with one attached hydrogen (secondary N) is 1. The van der Waals surface area contributed by atoms with E-state index in [0.29, 0.717) is 6.04 Å². The SMILES string of the molecule is Cc1cc(N2CCC(Nc3cccc(C)n3)CC2)ncn1. The molecule has 5 heteroatoms. The fourth-order valence-corrected chi connectivity index (χ4v) is 2.70. The van der Waals surface area contributed by atoms with E-state index < -0.39 is 0 Å². The van der Waals surface area contributed by atoms with Crippen LogP contribution in [0.4, 0.5) is 11.6 Å². The average Bonchev–Trinajstić information content (AvgIpc) is 2.48. The second-order valence-corrected chi connectivity index (χ2v) is 5.59. The molecule has 2 aromatic heterocycles. The van der Waals surface area contributed by atoms with Crippen molar-refractivity contribution in [1.82, 2.24) is 15.0 Å². The van der Waals surface area contributed by atoms with Crippen LogP contribution in [0.15, 0.2) is 30.6 Å². The maximum atomic E-state index is 4.51. The Morgan fingerprint density at radius 3 is 2.62 bits per heavy atom. The maximum Gasteiger partial charge on any atom is 0.132 e. The number of anilines is 2. The first kappa shape index (κ1) is 13.8. The highest BCUT2D eigenvalue weighted by atomic mass is 15.2. The van der Waals surface area contributed by atoms with Crippen molar-refractivity contribution in [2.75, 3.05) is 23.3 Å². The molecule has 1 fully saturated rings. The van der Waals surface area contributed by atoms with Gasteiger partial charge in [-0.25, -0.2) is 15.0 Å². The standard InChI is InChI=1S/C16H21N5/c1-12-4-3-5-15(19-12)20-14-6-8-21(9-7-14)16-10-13(2)17-11-18-16/h3-5,10-11,14H,6-9H2,1-2H3,(H,19,20). The lowest BCUT2D eigenvalue weighted by Crippen LogP contribution is -2.39. The summed E-state index contributed by atoms with van der Waals surface area (Å²) in [4.78, 5) is 15.4. The van der Waals surface area contributed by atoms with E-state index in [4.69, 9.17) is 0 Å². The summed E-state index contributed by atoms with van der Waals surface area (Å²) in [5.74, 6) is 2.01. The molecule has 0 aromatic carbocycles. The Labute approximate surface area is 125 Å². The average molecular weight is 283 g/mol. The molecule has 0 aliphatic carbocycles. The number of hydrogen-bond acceptors (Lipinski definition) is 5. The third-order valence-electron chi connectivity index (χ3n) is 3.85. The lowest BCUT2D eigenvalue weighted by molar-refractivity contribution is 0.522. The molecule has 3 heterocycles. The molecule has 21 heavy (non-hydrogen) atoms. The van der Waals surface area contributed by atoms with Gasteiger partial charge in [0.1, 0.15) is 18.0 Å². The lowest BCUT2D eigenvalue weighted by Gasteiger charge is -2.33. The van der Waals surface area contributed by atoms with Gasteiger partial charge in [0.25, 0.3) is 0 Å². The van der Waals surface area contributed by atoms with Crippen LogP contribution in [0.2, 0.25) is 0 Å². The van der Waals surface area contributed by atoms with E-state index in [0.717, 1.165) is 49.0 Å². The van der Waals surface area contributed by atoms with Crippen molar-refractivity contribution in [3.05, 3.63) is 42.0 Å². The molecule has 0 radical (unpaired) electrons. The van der Waals surface area contributed by atoms with E-state index in [1.54, 1.807) is 6.33 Å². The summed E-state index contributed by atoms with van der Waals surface area (Å²) < 4.78 is 0. The predicted octanol–water partition coefficient (Wildman–Crippen LogP) is 2.57. The molecule has 110 valence electrons. The minimum atomic E-state index is 0.485. The molecule has 1 saturated heterocycles. The highest BCUT2D eigenvalue weighted by Gasteiger charge is 2.20. The van der Waals surface area contributed by atoms with Crippen molar-refractivity contribution < 1.29 is 0 Å². The van der Waals surface area contributed by atoms with E-state index in [2.05, 4.69) is 31.2 Å². The van der Waals surface area contributed by atoms with Gasteiger partial charge in [-0.2, -0.15) is 0 Å². The van der Waals surface area contributed by atoms with Gasteiger partial charge in [0.05, 0.1) is 0 Å². The van der Waals surface area contributed by atoms with E-state index in [1.165, 1.54) is 0 Å². The van der Waals surface area contributed by atoms with Crippen molar-refractivity contribution in [3.63, 3.8) is 0 Å². The number of rotatable bonds is 3. The topological polar surface area (TPSA) is 53.9 Å². The molecule has 0 amide bonds. The molecule has 1 aliphatic heterocycles. The summed E-state index contributed by atoms with van der Waals surface area (Å²) in [6.45, 7) is 6.05. The van der Waals surface area contributed by atoms with Crippen LogP contribution in [0.3, 0.4) is 0 Å². The molecular formula is C16H21N5. The number of nitrogens with zero attached hydrogens (tertiary/aromatic N) is 4. The number of aromatic nitrogens is 3. The van der Waals surface area contributed by atoms with Gasteiger partial charge in [-0.3, -0.25) is 0 Å². The molecule has 1 N–H and O–H groups in total. The van der Waals surface area contributed by atoms with Gasteiger partial charge in [0, 0.05) is 36.6 Å². The van der Waals surface area contributed by atoms with Gasteiger partial charge >= 0.3 is 0 Å². The Kier molecular flexibility index (Phi) is 3.99. The molecule has 0 saturated carbocycles. The van der Waals surface area contributed by atoms with Crippen LogP contribution in [-0.4, -0.2) is 34.1 Å². The van der Waals surface area contributed by atoms with Crippen molar-refractivity contribution in [2.45, 2.75) is 32.7 Å². The van der Waals surface area contributed by atoms with Crippen LogP contribution < -0.4 is 10.2 Å². The fourth-order valence-electron chi connectivity index (χ4n) is 2.70. The first-order chi connectivity index (χ1) is 10.2. The monoisotopic (exact) mass is 283 g/mol. The Bertz CT molecular complexity index is 605. The first-order valence-electron chi connectivity index (χ1n) is 7.44. The Hall–Kier alpha value is -2.17. The quantitative estimate of drug-likeness (QED) is 0.938. The second kappa shape index (κ2) is 6.08. The van der Waals surface area contributed by atoms with Crippen LogP contribution in [0.25, 0.3) is 0 Å². The van der Waals surface area contributed by atoms with Crippen molar-refractivity contribution >= 4 is 11.6 Å². The molecule has 3 rings (SSSR count). The Morgan fingerprint density at radius 2 is 1.90 bits per heavy atom. The van der Waals surface area contributed by atoms with Gasteiger partial charge in [-0.05, 0) is 38.8 Å². The summed E-state index contributed by atoms with van der Waals surface area (Å²) in [6.07, 6.45) is 3.84. The summed E-state index contributed by atoms with van der Waals surface area (Å²) in [5, 5.41) is 3.53. The maximum absolute atomic E-state index is 4.51. The third kappa shape index (κ3) is 3.48. The summed E-state index contributed by atoms with van der Waals surface area (Å²) >= 11 is 0. The van der Waals surface area contributed by atoms with Crippen molar-refractivity contribution in [1.29, 1.82) is 0 Å². The van der Waals surface area contributed by atoms with Crippen LogP contribution in [0, 0.1) is 13.8 Å². The van der Waals surface area contributed by atoms with Crippen LogP contribution in [-0.2, 0) is 0 Å². The number of aryl methyl sites for hydroxylation is 2. The lowest BCUT2D eigenvalue weighted by atomic mass is 10.0. The van der Waals surface area contributed by atoms with Gasteiger partial charge in [0.2, 0.25) is 0 Å². The van der Waals surface area contributed by atoms with E-state index in [-0.39, 0.29) is 0 Å². The zero-order valence-corrected chi connectivity index (χ0v) is 12.6. The molecule has 0 spiro atoms. The predicted molar refractivity (Wildman–Crippen MR) is 84.6 cm³/mol. The van der Waals surface area contributed by atoms with Gasteiger partial charge in [-0.1, -0.05) is 6.07 Å². The molecular weight excluding hydrogens is 262 g/mol. The summed E-state index contributed by atoms with van der Waals surface area (Å²) in [7, 11) is 0. The van der Waals surface area contributed by atoms with Crippen LogP contribution in [0.5, 0.6) is 0 Å². The molecule has 0 atom stereocenters. The third-order valence-corrected chi connectivity index (χ3v) is 3.85. The zero-order valence-electron chi connectivity index (χ0n) is 12.6. The number of hydrogen-bond donors (Lipinski definition) is 1. The largest absolute Gasteiger partial charge is 0.367 e. The minimum absolute atomic E-state index is 0.485. The van der Waals surface area contributed by atoms with E-state index in [1.807, 2.05) is 32.0 Å². The molecule has 5 nitrogen and oxygen atoms in total. The van der Waals surface area contributed by atoms with Crippen LogP contribution >= 0.6 is 0 Å². The van der Waals surface area contributed by atoms with Crippen molar-refractivity contribution in [2.24, 2.45) is 0 Å². The molecule has 0 unspecified atom stereocenters. The summed E-state index contributed by atoms with van der Waals surface area (Å²) in [6, 6.07) is 8.64. The number of piperidine rings is 1. The van der Waals surface area contributed by atoms with Crippen molar-refractivity contribution in [3.8, 4) is 0 Å². The Morgan fingerprint density at radius 1 is 1.10 bits per heavy atom. The minimum Gasteiger partial charge on any atom is -0.367 e. The fraction of sp³-hybridized carbons (Fsp3) is 0.438. The van der Waals surface area contributed by atoms with Gasteiger partial charge < -0.3 is 10.2 Å². The zero-order chi connectivity index (χ0) is 14.7. The highest BCUT2D eigenvalue weighted by molar-refractivity contribution is 5.41. The molecule has 0 bridgehead atoms.